The first-order valence-electron chi connectivity index (χ1n) is 7.30. The van der Waals surface area contributed by atoms with Gasteiger partial charge in [0.25, 0.3) is 0 Å². The van der Waals surface area contributed by atoms with Crippen molar-refractivity contribution in [2.75, 3.05) is 12.4 Å². The van der Waals surface area contributed by atoms with Gasteiger partial charge in [0.15, 0.2) is 5.78 Å². The highest BCUT2D eigenvalue weighted by Crippen LogP contribution is 2.23. The van der Waals surface area contributed by atoms with Crippen molar-refractivity contribution in [1.29, 1.82) is 0 Å². The second kappa shape index (κ2) is 8.13. The van der Waals surface area contributed by atoms with Gasteiger partial charge in [0.05, 0.1) is 12.4 Å². The van der Waals surface area contributed by atoms with E-state index in [-0.39, 0.29) is 17.5 Å². The lowest BCUT2D eigenvalue weighted by Crippen LogP contribution is -2.16. The van der Waals surface area contributed by atoms with E-state index in [1.54, 1.807) is 6.07 Å². The summed E-state index contributed by atoms with van der Waals surface area (Å²) in [5, 5.41) is 0. The molecule has 0 spiro atoms. The standard InChI is InChI=1S/C17H19FO3S/c1-12(19)14-7-8-16(15(18)9-14)22-11-17(20)21-10-13-5-3-2-4-6-13/h2-3,7-9,13H,4-6,10-11H2,1H3. The largest absolute Gasteiger partial charge is 0.465 e. The second-order valence-electron chi connectivity index (χ2n) is 5.32. The summed E-state index contributed by atoms with van der Waals surface area (Å²) in [6, 6.07) is 4.29. The van der Waals surface area contributed by atoms with Crippen molar-refractivity contribution < 1.29 is 18.7 Å². The molecule has 0 aliphatic heterocycles. The Morgan fingerprint density at radius 3 is 2.82 bits per heavy atom. The Bertz CT molecular complexity index is 583. The highest BCUT2D eigenvalue weighted by Gasteiger charge is 2.14. The van der Waals surface area contributed by atoms with Crippen LogP contribution in [0.2, 0.25) is 0 Å². The van der Waals surface area contributed by atoms with Gasteiger partial charge in [-0.15, -0.1) is 11.8 Å². The molecule has 0 amide bonds. The van der Waals surface area contributed by atoms with Crippen LogP contribution in [0.5, 0.6) is 0 Å². The van der Waals surface area contributed by atoms with Crippen molar-refractivity contribution in [2.24, 2.45) is 5.92 Å². The summed E-state index contributed by atoms with van der Waals surface area (Å²) in [5.41, 5.74) is 0.328. The van der Waals surface area contributed by atoms with Crippen LogP contribution >= 0.6 is 11.8 Å². The molecule has 1 aromatic carbocycles. The number of carbonyl (C=O) groups excluding carboxylic acids is 2. The number of ketones is 1. The van der Waals surface area contributed by atoms with Gasteiger partial charge >= 0.3 is 5.97 Å². The molecule has 0 bridgehead atoms. The molecule has 1 aromatic rings. The molecule has 1 aliphatic rings. The molecule has 22 heavy (non-hydrogen) atoms. The molecule has 2 rings (SSSR count). The number of ether oxygens (including phenoxy) is 1. The van der Waals surface area contributed by atoms with Crippen molar-refractivity contribution >= 4 is 23.5 Å². The third-order valence-electron chi connectivity index (χ3n) is 3.54. The quantitative estimate of drug-likeness (QED) is 0.343. The van der Waals surface area contributed by atoms with Crippen molar-refractivity contribution in [3.05, 3.63) is 41.7 Å². The zero-order valence-electron chi connectivity index (χ0n) is 12.5. The number of benzene rings is 1. The molecule has 1 atom stereocenters. The maximum atomic E-state index is 13.8. The van der Waals surface area contributed by atoms with E-state index in [0.29, 0.717) is 23.0 Å². The van der Waals surface area contributed by atoms with Crippen LogP contribution in [0.3, 0.4) is 0 Å². The van der Waals surface area contributed by atoms with Crippen LogP contribution in [0.25, 0.3) is 0 Å². The molecule has 0 fully saturated rings. The van der Waals surface area contributed by atoms with Crippen molar-refractivity contribution in [3.63, 3.8) is 0 Å². The maximum absolute atomic E-state index is 13.8. The van der Waals surface area contributed by atoms with Crippen LogP contribution in [0.4, 0.5) is 4.39 Å². The van der Waals surface area contributed by atoms with Crippen molar-refractivity contribution in [1.82, 2.24) is 0 Å². The van der Waals surface area contributed by atoms with Crippen LogP contribution in [-0.4, -0.2) is 24.1 Å². The van der Waals surface area contributed by atoms with E-state index in [2.05, 4.69) is 12.2 Å². The number of hydrogen-bond acceptors (Lipinski definition) is 4. The molecule has 0 saturated heterocycles. The molecule has 1 aliphatic carbocycles. The highest BCUT2D eigenvalue weighted by atomic mass is 32.2. The van der Waals surface area contributed by atoms with E-state index in [1.807, 2.05) is 0 Å². The number of rotatable bonds is 6. The van der Waals surface area contributed by atoms with E-state index in [1.165, 1.54) is 19.1 Å². The Labute approximate surface area is 133 Å². The van der Waals surface area contributed by atoms with Gasteiger partial charge in [0.2, 0.25) is 0 Å². The van der Waals surface area contributed by atoms with Gasteiger partial charge in [-0.1, -0.05) is 18.2 Å². The lowest BCUT2D eigenvalue weighted by Gasteiger charge is -2.17. The molecular weight excluding hydrogens is 303 g/mol. The van der Waals surface area contributed by atoms with E-state index in [0.717, 1.165) is 31.0 Å². The van der Waals surface area contributed by atoms with Gasteiger partial charge in [-0.3, -0.25) is 9.59 Å². The number of halogens is 1. The predicted molar refractivity (Wildman–Crippen MR) is 84.6 cm³/mol. The minimum atomic E-state index is -0.483. The minimum Gasteiger partial charge on any atom is -0.465 e. The topological polar surface area (TPSA) is 43.4 Å². The fourth-order valence-electron chi connectivity index (χ4n) is 2.23. The molecule has 5 heteroatoms. The summed E-state index contributed by atoms with van der Waals surface area (Å²) >= 11 is 1.09. The SMILES string of the molecule is CC(=O)c1ccc(SCC(=O)OCC2CC=CCC2)c(F)c1. The van der Waals surface area contributed by atoms with Gasteiger partial charge in [0.1, 0.15) is 5.82 Å². The minimum absolute atomic E-state index is 0.0684. The Kier molecular flexibility index (Phi) is 6.19. The third kappa shape index (κ3) is 4.98. The number of thioether (sulfide) groups is 1. The average molecular weight is 322 g/mol. The summed E-state index contributed by atoms with van der Waals surface area (Å²) in [4.78, 5) is 23.2. The first kappa shape index (κ1) is 16.7. The maximum Gasteiger partial charge on any atom is 0.316 e. The molecule has 1 unspecified atom stereocenters. The van der Waals surface area contributed by atoms with E-state index in [9.17, 15) is 14.0 Å². The summed E-state index contributed by atoms with van der Waals surface area (Å²) in [7, 11) is 0. The number of Topliss-reactive ketones (excluding diaryl/α,β-unsaturated/α-hetero) is 1. The van der Waals surface area contributed by atoms with Crippen molar-refractivity contribution in [2.45, 2.75) is 31.1 Å². The lowest BCUT2D eigenvalue weighted by atomic mass is 9.95. The summed E-state index contributed by atoms with van der Waals surface area (Å²) in [5.74, 6) is -0.543. The van der Waals surface area contributed by atoms with Gasteiger partial charge in [-0.05, 0) is 44.2 Å². The Hall–Kier alpha value is -1.62. The van der Waals surface area contributed by atoms with Crippen LogP contribution in [0.1, 0.15) is 36.5 Å². The second-order valence-corrected chi connectivity index (χ2v) is 6.34. The van der Waals surface area contributed by atoms with Crippen LogP contribution in [0.15, 0.2) is 35.2 Å². The first-order chi connectivity index (χ1) is 10.6. The Balaban J connectivity index is 1.78. The number of carbonyl (C=O) groups is 2. The number of allylic oxidation sites excluding steroid dienone is 2. The van der Waals surface area contributed by atoms with Crippen LogP contribution < -0.4 is 0 Å². The normalized spacial score (nSPS) is 17.3. The Morgan fingerprint density at radius 1 is 1.36 bits per heavy atom. The molecular formula is C17H19FO3S. The smallest absolute Gasteiger partial charge is 0.316 e. The first-order valence-corrected chi connectivity index (χ1v) is 8.28. The van der Waals surface area contributed by atoms with Crippen LogP contribution in [0, 0.1) is 11.7 Å². The molecule has 3 nitrogen and oxygen atoms in total. The van der Waals surface area contributed by atoms with Gasteiger partial charge in [0, 0.05) is 10.5 Å². The van der Waals surface area contributed by atoms with Gasteiger partial charge < -0.3 is 4.74 Å². The van der Waals surface area contributed by atoms with E-state index >= 15 is 0 Å². The molecule has 118 valence electrons. The third-order valence-corrected chi connectivity index (χ3v) is 4.56. The summed E-state index contributed by atoms with van der Waals surface area (Å²) < 4.78 is 19.0. The molecule has 0 aromatic heterocycles. The number of esters is 1. The molecule has 0 N–H and O–H groups in total. The van der Waals surface area contributed by atoms with Crippen LogP contribution in [-0.2, 0) is 9.53 Å². The molecule has 0 saturated carbocycles. The Morgan fingerprint density at radius 2 is 2.18 bits per heavy atom. The molecule has 0 radical (unpaired) electrons. The van der Waals surface area contributed by atoms with E-state index in [4.69, 9.17) is 4.74 Å². The predicted octanol–water partition coefficient (Wildman–Crippen LogP) is 4.02. The summed E-state index contributed by atoms with van der Waals surface area (Å²) in [6.07, 6.45) is 7.27. The lowest BCUT2D eigenvalue weighted by molar-refractivity contribution is -0.141. The van der Waals surface area contributed by atoms with Crippen molar-refractivity contribution in [3.8, 4) is 0 Å². The van der Waals surface area contributed by atoms with Gasteiger partial charge in [-0.2, -0.15) is 0 Å². The fraction of sp³-hybridized carbons (Fsp3) is 0.412. The van der Waals surface area contributed by atoms with Gasteiger partial charge in [-0.25, -0.2) is 4.39 Å². The van der Waals surface area contributed by atoms with E-state index < -0.39 is 5.82 Å². The molecule has 0 heterocycles. The number of hydrogen-bond donors (Lipinski definition) is 0. The average Bonchev–Trinajstić information content (AvgIpc) is 2.52. The zero-order valence-corrected chi connectivity index (χ0v) is 13.3. The highest BCUT2D eigenvalue weighted by molar-refractivity contribution is 8.00. The fourth-order valence-corrected chi connectivity index (χ4v) is 2.95. The zero-order chi connectivity index (χ0) is 15.9. The summed E-state index contributed by atoms with van der Waals surface area (Å²) in [6.45, 7) is 1.81. The monoisotopic (exact) mass is 322 g/mol.